The lowest BCUT2D eigenvalue weighted by Crippen LogP contribution is -2.43. The van der Waals surface area contributed by atoms with Crippen LogP contribution in [-0.2, 0) is 0 Å². The largest absolute Gasteiger partial charge is 0.493 e. The molecule has 4 nitrogen and oxygen atoms in total. The third kappa shape index (κ3) is 3.62. The molecule has 2 rings (SSSR count). The first-order valence-electron chi connectivity index (χ1n) is 7.30. The van der Waals surface area contributed by atoms with Gasteiger partial charge in [-0.2, -0.15) is 0 Å². The van der Waals surface area contributed by atoms with E-state index in [0.29, 0.717) is 22.9 Å². The molecule has 1 atom stereocenters. The molecule has 0 saturated carbocycles. The number of ether oxygens (including phenoxy) is 2. The number of methoxy groups -OCH3 is 2. The summed E-state index contributed by atoms with van der Waals surface area (Å²) in [5.74, 6) is 1.84. The lowest BCUT2D eigenvalue weighted by Gasteiger charge is -2.35. The van der Waals surface area contributed by atoms with E-state index < -0.39 is 0 Å². The third-order valence-electron chi connectivity index (χ3n) is 3.96. The van der Waals surface area contributed by atoms with Crippen molar-refractivity contribution < 1.29 is 14.3 Å². The predicted octanol–water partition coefficient (Wildman–Crippen LogP) is 3.33. The number of piperidine rings is 1. The maximum atomic E-state index is 12.7. The Hall–Kier alpha value is -1.42. The van der Waals surface area contributed by atoms with Gasteiger partial charge in [0.05, 0.1) is 14.2 Å². The van der Waals surface area contributed by atoms with E-state index >= 15 is 0 Å². The summed E-state index contributed by atoms with van der Waals surface area (Å²) < 4.78 is 10.5. The van der Waals surface area contributed by atoms with E-state index in [2.05, 4.69) is 0 Å². The summed E-state index contributed by atoms with van der Waals surface area (Å²) in [6.07, 6.45) is 4.10. The number of amides is 1. The summed E-state index contributed by atoms with van der Waals surface area (Å²) in [6, 6.07) is 5.55. The number of alkyl halides is 1. The molecular weight excluding hydrogens is 290 g/mol. The first kappa shape index (κ1) is 16.0. The Bertz CT molecular complexity index is 490. The molecule has 1 aliphatic rings. The molecule has 0 spiro atoms. The van der Waals surface area contributed by atoms with Gasteiger partial charge in [0.15, 0.2) is 11.5 Å². The molecule has 1 fully saturated rings. The smallest absolute Gasteiger partial charge is 0.254 e. The van der Waals surface area contributed by atoms with Gasteiger partial charge in [-0.25, -0.2) is 0 Å². The van der Waals surface area contributed by atoms with Gasteiger partial charge in [0.2, 0.25) is 0 Å². The van der Waals surface area contributed by atoms with Crippen LogP contribution in [0.25, 0.3) is 0 Å². The van der Waals surface area contributed by atoms with Crippen molar-refractivity contribution in [1.29, 1.82) is 0 Å². The second-order valence-electron chi connectivity index (χ2n) is 5.20. The Balaban J connectivity index is 2.21. The number of benzene rings is 1. The summed E-state index contributed by atoms with van der Waals surface area (Å²) in [4.78, 5) is 14.7. The second-order valence-corrected chi connectivity index (χ2v) is 5.57. The molecule has 1 aromatic rings. The Labute approximate surface area is 131 Å². The van der Waals surface area contributed by atoms with E-state index in [1.165, 1.54) is 0 Å². The molecule has 1 amide bonds. The van der Waals surface area contributed by atoms with E-state index in [-0.39, 0.29) is 11.9 Å². The van der Waals surface area contributed by atoms with E-state index in [1.54, 1.807) is 32.4 Å². The molecule has 1 aromatic carbocycles. The van der Waals surface area contributed by atoms with Crippen molar-refractivity contribution in [2.24, 2.45) is 0 Å². The molecule has 0 aliphatic carbocycles. The number of carbonyl (C=O) groups is 1. The first-order valence-corrected chi connectivity index (χ1v) is 7.83. The highest BCUT2D eigenvalue weighted by molar-refractivity contribution is 6.17. The van der Waals surface area contributed by atoms with Gasteiger partial charge >= 0.3 is 0 Å². The van der Waals surface area contributed by atoms with E-state index in [4.69, 9.17) is 21.1 Å². The normalized spacial score (nSPS) is 18.4. The first-order chi connectivity index (χ1) is 10.2. The number of rotatable bonds is 5. The molecule has 5 heteroatoms. The Morgan fingerprint density at radius 2 is 2.05 bits per heavy atom. The van der Waals surface area contributed by atoms with E-state index in [1.807, 2.05) is 4.90 Å². The van der Waals surface area contributed by atoms with Gasteiger partial charge in [0, 0.05) is 24.0 Å². The summed E-state index contributed by atoms with van der Waals surface area (Å²) in [5, 5.41) is 0. The van der Waals surface area contributed by atoms with Gasteiger partial charge < -0.3 is 14.4 Å². The molecule has 0 radical (unpaired) electrons. The topological polar surface area (TPSA) is 38.8 Å². The Morgan fingerprint density at radius 1 is 1.29 bits per heavy atom. The van der Waals surface area contributed by atoms with Crippen molar-refractivity contribution in [2.75, 3.05) is 26.6 Å². The van der Waals surface area contributed by atoms with Crippen LogP contribution in [0, 0.1) is 0 Å². The van der Waals surface area contributed by atoms with Crippen LogP contribution in [0.1, 0.15) is 36.0 Å². The lowest BCUT2D eigenvalue weighted by molar-refractivity contribution is 0.0609. The van der Waals surface area contributed by atoms with Crippen LogP contribution in [-0.4, -0.2) is 43.5 Å². The minimum absolute atomic E-state index is 0.0470. The molecule has 0 N–H and O–H groups in total. The fourth-order valence-electron chi connectivity index (χ4n) is 2.83. The SMILES string of the molecule is COc1ccc(C(=O)N2CCCCC2CCCl)cc1OC. The fraction of sp³-hybridized carbons (Fsp3) is 0.562. The zero-order valence-electron chi connectivity index (χ0n) is 12.6. The maximum Gasteiger partial charge on any atom is 0.254 e. The molecule has 1 unspecified atom stereocenters. The molecule has 1 saturated heterocycles. The average molecular weight is 312 g/mol. The average Bonchev–Trinajstić information content (AvgIpc) is 2.54. The molecule has 0 aromatic heterocycles. The van der Waals surface area contributed by atoms with Gasteiger partial charge in [0.25, 0.3) is 5.91 Å². The zero-order chi connectivity index (χ0) is 15.2. The van der Waals surface area contributed by atoms with Crippen LogP contribution in [0.3, 0.4) is 0 Å². The van der Waals surface area contributed by atoms with Crippen molar-refractivity contribution >= 4 is 17.5 Å². The maximum absolute atomic E-state index is 12.7. The number of halogens is 1. The van der Waals surface area contributed by atoms with Crippen molar-refractivity contribution in [3.05, 3.63) is 23.8 Å². The molecule has 116 valence electrons. The molecule has 0 bridgehead atoms. The van der Waals surface area contributed by atoms with Crippen molar-refractivity contribution in [1.82, 2.24) is 4.90 Å². The van der Waals surface area contributed by atoms with E-state index in [0.717, 1.165) is 32.2 Å². The third-order valence-corrected chi connectivity index (χ3v) is 4.18. The van der Waals surface area contributed by atoms with Crippen molar-refractivity contribution in [3.8, 4) is 11.5 Å². The van der Waals surface area contributed by atoms with Gasteiger partial charge in [-0.05, 0) is 43.9 Å². The van der Waals surface area contributed by atoms with Gasteiger partial charge in [-0.3, -0.25) is 4.79 Å². The Kier molecular flexibility index (Phi) is 5.74. The van der Waals surface area contributed by atoms with Crippen LogP contribution in [0.15, 0.2) is 18.2 Å². The van der Waals surface area contributed by atoms with Crippen LogP contribution < -0.4 is 9.47 Å². The summed E-state index contributed by atoms with van der Waals surface area (Å²) in [6.45, 7) is 0.800. The van der Waals surface area contributed by atoms with E-state index in [9.17, 15) is 4.79 Å². The Morgan fingerprint density at radius 3 is 2.71 bits per heavy atom. The predicted molar refractivity (Wildman–Crippen MR) is 83.6 cm³/mol. The standard InChI is InChI=1S/C16H22ClNO3/c1-20-14-7-6-12(11-15(14)21-2)16(19)18-10-4-3-5-13(18)8-9-17/h6-7,11,13H,3-5,8-10H2,1-2H3. The highest BCUT2D eigenvalue weighted by Crippen LogP contribution is 2.29. The van der Waals surface area contributed by atoms with Crippen LogP contribution in [0.4, 0.5) is 0 Å². The molecule has 21 heavy (non-hydrogen) atoms. The summed E-state index contributed by atoms with van der Waals surface area (Å²) in [7, 11) is 3.16. The quantitative estimate of drug-likeness (QED) is 0.783. The second kappa shape index (κ2) is 7.55. The minimum atomic E-state index is 0.0470. The molecule has 1 aliphatic heterocycles. The summed E-state index contributed by atoms with van der Waals surface area (Å²) >= 11 is 5.86. The van der Waals surface area contributed by atoms with Crippen LogP contribution in [0.5, 0.6) is 11.5 Å². The number of nitrogens with zero attached hydrogens (tertiary/aromatic N) is 1. The monoisotopic (exact) mass is 311 g/mol. The highest BCUT2D eigenvalue weighted by atomic mass is 35.5. The zero-order valence-corrected chi connectivity index (χ0v) is 13.4. The summed E-state index contributed by atoms with van der Waals surface area (Å²) in [5.41, 5.74) is 0.633. The highest BCUT2D eigenvalue weighted by Gasteiger charge is 2.27. The molecular formula is C16H22ClNO3. The molecule has 1 heterocycles. The van der Waals surface area contributed by atoms with Crippen molar-refractivity contribution in [3.63, 3.8) is 0 Å². The minimum Gasteiger partial charge on any atom is -0.493 e. The van der Waals surface area contributed by atoms with Gasteiger partial charge in [-0.15, -0.1) is 11.6 Å². The van der Waals surface area contributed by atoms with Gasteiger partial charge in [0.1, 0.15) is 0 Å². The van der Waals surface area contributed by atoms with Crippen molar-refractivity contribution in [2.45, 2.75) is 31.7 Å². The number of hydrogen-bond donors (Lipinski definition) is 0. The lowest BCUT2D eigenvalue weighted by atomic mass is 9.98. The fourth-order valence-corrected chi connectivity index (χ4v) is 3.08. The number of carbonyl (C=O) groups excluding carboxylic acids is 1. The van der Waals surface area contributed by atoms with Crippen LogP contribution >= 0.6 is 11.6 Å². The number of hydrogen-bond acceptors (Lipinski definition) is 3. The number of likely N-dealkylation sites (tertiary alicyclic amines) is 1. The van der Waals surface area contributed by atoms with Gasteiger partial charge in [-0.1, -0.05) is 0 Å². The van der Waals surface area contributed by atoms with Crippen LogP contribution in [0.2, 0.25) is 0 Å².